The summed E-state index contributed by atoms with van der Waals surface area (Å²) >= 11 is 1.24. The van der Waals surface area contributed by atoms with Crippen molar-refractivity contribution in [1.29, 1.82) is 0 Å². The minimum atomic E-state index is -0.829. The average molecular weight is 379 g/mol. The van der Waals surface area contributed by atoms with E-state index in [1.54, 1.807) is 12.1 Å². The number of aromatic amines is 1. The van der Waals surface area contributed by atoms with E-state index >= 15 is 0 Å². The number of aromatic nitrogens is 6. The lowest BCUT2D eigenvalue weighted by molar-refractivity contribution is 0.102. The van der Waals surface area contributed by atoms with Gasteiger partial charge in [-0.15, -0.1) is 0 Å². The smallest absolute Gasteiger partial charge is 0.275 e. The minimum Gasteiger partial charge on any atom is -0.492 e. The summed E-state index contributed by atoms with van der Waals surface area (Å²) in [5.41, 5.74) is 0.242. The summed E-state index contributed by atoms with van der Waals surface area (Å²) in [4.78, 5) is 44.7. The molecular formula is C16H9N7O3S. The number of fused-ring (bicyclic) bond motifs is 4. The number of carbonyl (C=O) groups excluding carboxylic acids is 1. The fourth-order valence-electron chi connectivity index (χ4n) is 2.83. The second-order valence-electron chi connectivity index (χ2n) is 5.58. The SMILES string of the molecule is O=C(Nc1ncnc2nc[nH]c12)c1c(O)nc2sc3ccccc3n2c1=O. The zero-order chi connectivity index (χ0) is 18.5. The predicted octanol–water partition coefficient (Wildman–Crippen LogP) is 1.53. The third-order valence-corrected chi connectivity index (χ3v) is 5.04. The maximum Gasteiger partial charge on any atom is 0.275 e. The van der Waals surface area contributed by atoms with Gasteiger partial charge in [0.15, 0.2) is 17.0 Å². The number of anilines is 1. The van der Waals surface area contributed by atoms with Crippen molar-refractivity contribution in [1.82, 2.24) is 29.3 Å². The van der Waals surface area contributed by atoms with Gasteiger partial charge in [0, 0.05) is 0 Å². The van der Waals surface area contributed by atoms with Gasteiger partial charge < -0.3 is 15.4 Å². The van der Waals surface area contributed by atoms with E-state index in [2.05, 4.69) is 30.2 Å². The summed E-state index contributed by atoms with van der Waals surface area (Å²) in [6.07, 6.45) is 2.64. The van der Waals surface area contributed by atoms with Crippen LogP contribution in [-0.2, 0) is 0 Å². The molecule has 132 valence electrons. The van der Waals surface area contributed by atoms with Crippen LogP contribution in [0.25, 0.3) is 26.3 Å². The molecule has 3 N–H and O–H groups in total. The number of para-hydroxylation sites is 1. The lowest BCUT2D eigenvalue weighted by Gasteiger charge is -2.06. The Labute approximate surface area is 153 Å². The van der Waals surface area contributed by atoms with E-state index in [9.17, 15) is 14.7 Å². The Balaban J connectivity index is 1.68. The van der Waals surface area contributed by atoms with E-state index in [1.807, 2.05) is 12.1 Å². The van der Waals surface area contributed by atoms with Gasteiger partial charge in [0.25, 0.3) is 11.5 Å². The van der Waals surface area contributed by atoms with Crippen LogP contribution in [0.4, 0.5) is 5.82 Å². The van der Waals surface area contributed by atoms with Crippen molar-refractivity contribution in [2.45, 2.75) is 0 Å². The molecule has 0 fully saturated rings. The molecule has 0 radical (unpaired) electrons. The number of nitrogens with one attached hydrogen (secondary N) is 2. The molecule has 11 heteroatoms. The molecule has 4 aromatic heterocycles. The zero-order valence-electron chi connectivity index (χ0n) is 13.4. The number of amides is 1. The summed E-state index contributed by atoms with van der Waals surface area (Å²) in [6.45, 7) is 0. The summed E-state index contributed by atoms with van der Waals surface area (Å²) < 4.78 is 2.12. The van der Waals surface area contributed by atoms with E-state index in [1.165, 1.54) is 28.4 Å². The van der Waals surface area contributed by atoms with Crippen LogP contribution >= 0.6 is 11.3 Å². The first-order valence-electron chi connectivity index (χ1n) is 7.72. The largest absolute Gasteiger partial charge is 0.492 e. The third kappa shape index (κ3) is 2.25. The molecule has 5 aromatic rings. The minimum absolute atomic E-state index is 0.140. The first-order chi connectivity index (χ1) is 13.1. The molecule has 0 aliphatic heterocycles. The van der Waals surface area contributed by atoms with Gasteiger partial charge in [-0.05, 0) is 12.1 Å². The topological polar surface area (TPSA) is 138 Å². The highest BCUT2D eigenvalue weighted by atomic mass is 32.1. The van der Waals surface area contributed by atoms with Gasteiger partial charge in [0.2, 0.25) is 10.8 Å². The van der Waals surface area contributed by atoms with E-state index in [-0.39, 0.29) is 5.82 Å². The van der Waals surface area contributed by atoms with Gasteiger partial charge in [-0.1, -0.05) is 23.5 Å². The first kappa shape index (κ1) is 15.4. The maximum atomic E-state index is 12.9. The monoisotopic (exact) mass is 379 g/mol. The van der Waals surface area contributed by atoms with Gasteiger partial charge in [0.1, 0.15) is 11.8 Å². The molecule has 1 amide bonds. The van der Waals surface area contributed by atoms with Crippen molar-refractivity contribution in [2.24, 2.45) is 0 Å². The van der Waals surface area contributed by atoms with Gasteiger partial charge in [-0.2, -0.15) is 4.98 Å². The lowest BCUT2D eigenvalue weighted by Crippen LogP contribution is -2.27. The molecule has 10 nitrogen and oxygen atoms in total. The highest BCUT2D eigenvalue weighted by Crippen LogP contribution is 2.26. The van der Waals surface area contributed by atoms with Crippen molar-refractivity contribution in [2.75, 3.05) is 5.32 Å². The molecule has 0 unspecified atom stereocenters. The Morgan fingerprint density at radius 2 is 2.07 bits per heavy atom. The first-order valence-corrected chi connectivity index (χ1v) is 8.54. The Morgan fingerprint density at radius 3 is 2.96 bits per heavy atom. The molecule has 0 aliphatic carbocycles. The molecule has 1 aromatic carbocycles. The molecular weight excluding hydrogens is 370 g/mol. The quantitative estimate of drug-likeness (QED) is 0.423. The maximum absolute atomic E-state index is 12.9. The third-order valence-electron chi connectivity index (χ3n) is 4.02. The van der Waals surface area contributed by atoms with Gasteiger partial charge in [0.05, 0.1) is 16.5 Å². The molecule has 5 rings (SSSR count). The van der Waals surface area contributed by atoms with Crippen molar-refractivity contribution < 1.29 is 9.90 Å². The van der Waals surface area contributed by atoms with Crippen LogP contribution in [-0.4, -0.2) is 40.3 Å². The summed E-state index contributed by atoms with van der Waals surface area (Å²) in [7, 11) is 0. The lowest BCUT2D eigenvalue weighted by atomic mass is 10.2. The average Bonchev–Trinajstić information content (AvgIpc) is 3.26. The molecule has 0 bridgehead atoms. The summed E-state index contributed by atoms with van der Waals surface area (Å²) in [5.74, 6) is -1.33. The summed E-state index contributed by atoms with van der Waals surface area (Å²) in [5, 5.41) is 12.7. The van der Waals surface area contributed by atoms with E-state index in [0.717, 1.165) is 4.70 Å². The van der Waals surface area contributed by atoms with Crippen molar-refractivity contribution >= 4 is 49.4 Å². The van der Waals surface area contributed by atoms with Crippen LogP contribution in [0.2, 0.25) is 0 Å². The number of H-pyrrole nitrogens is 1. The highest BCUT2D eigenvalue weighted by Gasteiger charge is 2.23. The molecule has 0 atom stereocenters. The number of carbonyl (C=O) groups is 1. The molecule has 27 heavy (non-hydrogen) atoms. The number of hydrogen-bond acceptors (Lipinski definition) is 8. The fourth-order valence-corrected chi connectivity index (χ4v) is 3.84. The Bertz CT molecular complexity index is 1420. The van der Waals surface area contributed by atoms with E-state index in [0.29, 0.717) is 21.6 Å². The Hall–Kier alpha value is -3.86. The molecule has 0 saturated heterocycles. The molecule has 0 spiro atoms. The second kappa shape index (κ2) is 5.57. The van der Waals surface area contributed by atoms with Crippen LogP contribution in [0.3, 0.4) is 0 Å². The van der Waals surface area contributed by atoms with Crippen LogP contribution in [0, 0.1) is 0 Å². The fraction of sp³-hybridized carbons (Fsp3) is 0. The number of thiazole rings is 1. The Morgan fingerprint density at radius 1 is 1.22 bits per heavy atom. The molecule has 0 aliphatic rings. The van der Waals surface area contributed by atoms with E-state index in [4.69, 9.17) is 0 Å². The number of imidazole rings is 1. The summed E-state index contributed by atoms with van der Waals surface area (Å²) in [6, 6.07) is 7.20. The number of aromatic hydroxyl groups is 1. The number of benzene rings is 1. The van der Waals surface area contributed by atoms with Crippen LogP contribution in [0.5, 0.6) is 5.88 Å². The van der Waals surface area contributed by atoms with Crippen molar-refractivity contribution in [3.63, 3.8) is 0 Å². The van der Waals surface area contributed by atoms with Gasteiger partial charge in [-0.25, -0.2) is 15.0 Å². The van der Waals surface area contributed by atoms with E-state index < -0.39 is 22.9 Å². The Kier molecular flexibility index (Phi) is 3.18. The molecule has 4 heterocycles. The number of nitrogens with zero attached hydrogens (tertiary/aromatic N) is 5. The normalized spacial score (nSPS) is 11.4. The van der Waals surface area contributed by atoms with Gasteiger partial charge in [-0.3, -0.25) is 14.0 Å². The van der Waals surface area contributed by atoms with Gasteiger partial charge >= 0.3 is 0 Å². The van der Waals surface area contributed by atoms with Crippen molar-refractivity contribution in [3.8, 4) is 5.88 Å². The number of rotatable bonds is 2. The van der Waals surface area contributed by atoms with Crippen molar-refractivity contribution in [3.05, 3.63) is 52.8 Å². The molecule has 0 saturated carbocycles. The van der Waals surface area contributed by atoms with Crippen LogP contribution < -0.4 is 10.9 Å². The second-order valence-corrected chi connectivity index (χ2v) is 6.59. The number of hydrogen-bond donors (Lipinski definition) is 3. The van der Waals surface area contributed by atoms with Crippen LogP contribution in [0.15, 0.2) is 41.7 Å². The van der Waals surface area contributed by atoms with Crippen LogP contribution in [0.1, 0.15) is 10.4 Å². The zero-order valence-corrected chi connectivity index (χ0v) is 14.2. The predicted molar refractivity (Wildman–Crippen MR) is 98.1 cm³/mol. The highest BCUT2D eigenvalue weighted by molar-refractivity contribution is 7.23. The standard InChI is InChI=1S/C16H9N7O3S/c24-13(21-12-10-11(18-5-17-10)19-6-20-12)9-14(25)22-16-23(15(9)26)7-3-1-2-4-8(7)27-16/h1-6,25H,(H2,17,18,19,20,21,24).